The van der Waals surface area contributed by atoms with Gasteiger partial charge in [0.2, 0.25) is 5.12 Å². The minimum Gasteiger partial charge on any atom is -0.497 e. The van der Waals surface area contributed by atoms with E-state index in [1.165, 1.54) is 0 Å². The number of likely N-dealkylation sites (N-methyl/N-ethyl adjacent to an activating group) is 1. The number of ether oxygens (including phenoxy) is 1. The van der Waals surface area contributed by atoms with Gasteiger partial charge in [-0.15, -0.1) is 12.6 Å². The van der Waals surface area contributed by atoms with Crippen LogP contribution in [0.1, 0.15) is 15.9 Å². The van der Waals surface area contributed by atoms with Crippen LogP contribution in [-0.2, 0) is 6.42 Å². The van der Waals surface area contributed by atoms with E-state index in [4.69, 9.17) is 4.74 Å². The van der Waals surface area contributed by atoms with Crippen molar-refractivity contribution >= 4 is 17.7 Å². The first kappa shape index (κ1) is 13.1. The molecule has 0 amide bonds. The first-order valence-electron chi connectivity index (χ1n) is 5.09. The van der Waals surface area contributed by atoms with Crippen LogP contribution >= 0.6 is 12.6 Å². The quantitative estimate of drug-likeness (QED) is 0.795. The summed E-state index contributed by atoms with van der Waals surface area (Å²) in [6, 6.07) is 5.44. The number of thiol groups is 1. The molecule has 4 heteroatoms. The van der Waals surface area contributed by atoms with Crippen LogP contribution in [0.25, 0.3) is 0 Å². The summed E-state index contributed by atoms with van der Waals surface area (Å²) < 4.78 is 5.15. The standard InChI is InChI=1S/C12H17NO2S/c1-13(2)7-6-9-8-10(15-3)4-5-11(9)12(14)16/h4-5,8H,6-7H2,1-3H3,(H,14,16). The molecule has 16 heavy (non-hydrogen) atoms. The Hall–Kier alpha value is -1.00. The molecule has 88 valence electrons. The van der Waals surface area contributed by atoms with Gasteiger partial charge in [0, 0.05) is 12.1 Å². The van der Waals surface area contributed by atoms with E-state index in [-0.39, 0.29) is 5.12 Å². The second-order valence-electron chi connectivity index (χ2n) is 3.88. The van der Waals surface area contributed by atoms with Gasteiger partial charge in [-0.25, -0.2) is 0 Å². The fourth-order valence-electron chi connectivity index (χ4n) is 1.46. The van der Waals surface area contributed by atoms with Gasteiger partial charge in [-0.1, -0.05) is 0 Å². The number of methoxy groups -OCH3 is 1. The Bertz CT molecular complexity index is 377. The Balaban J connectivity index is 2.96. The van der Waals surface area contributed by atoms with E-state index < -0.39 is 0 Å². The molecule has 0 aliphatic carbocycles. The minimum absolute atomic E-state index is 0.198. The van der Waals surface area contributed by atoms with E-state index in [9.17, 15) is 4.79 Å². The molecular weight excluding hydrogens is 222 g/mol. The second kappa shape index (κ2) is 5.92. The van der Waals surface area contributed by atoms with Crippen LogP contribution in [0.2, 0.25) is 0 Å². The summed E-state index contributed by atoms with van der Waals surface area (Å²) in [6.07, 6.45) is 0.811. The molecule has 0 bridgehead atoms. The third-order valence-electron chi connectivity index (χ3n) is 2.37. The highest BCUT2D eigenvalue weighted by Gasteiger charge is 2.09. The molecule has 0 saturated carbocycles. The van der Waals surface area contributed by atoms with Gasteiger partial charge in [0.25, 0.3) is 0 Å². The predicted molar refractivity (Wildman–Crippen MR) is 68.6 cm³/mol. The number of hydrogen-bond donors (Lipinski definition) is 1. The second-order valence-corrected chi connectivity index (χ2v) is 4.29. The monoisotopic (exact) mass is 239 g/mol. The topological polar surface area (TPSA) is 29.5 Å². The Morgan fingerprint density at radius 2 is 2.12 bits per heavy atom. The molecule has 0 N–H and O–H groups in total. The van der Waals surface area contributed by atoms with E-state index >= 15 is 0 Å². The van der Waals surface area contributed by atoms with E-state index in [0.717, 1.165) is 24.3 Å². The predicted octanol–water partition coefficient (Wildman–Crippen LogP) is 1.87. The lowest BCUT2D eigenvalue weighted by molar-refractivity contribution is 0.109. The van der Waals surface area contributed by atoms with Crippen molar-refractivity contribution < 1.29 is 9.53 Å². The number of nitrogens with zero attached hydrogens (tertiary/aromatic N) is 1. The van der Waals surface area contributed by atoms with Gasteiger partial charge in [-0.3, -0.25) is 4.79 Å². The summed E-state index contributed by atoms with van der Waals surface area (Å²) in [6.45, 7) is 0.890. The molecule has 1 rings (SSSR count). The highest BCUT2D eigenvalue weighted by Crippen LogP contribution is 2.19. The SMILES string of the molecule is COc1ccc(C(=O)S)c(CCN(C)C)c1. The third kappa shape index (κ3) is 3.54. The molecule has 0 aliphatic rings. The summed E-state index contributed by atoms with van der Waals surface area (Å²) in [7, 11) is 5.62. The van der Waals surface area contributed by atoms with Crippen molar-refractivity contribution in [3.63, 3.8) is 0 Å². The minimum atomic E-state index is -0.198. The summed E-state index contributed by atoms with van der Waals surface area (Å²) in [5.41, 5.74) is 1.64. The lowest BCUT2D eigenvalue weighted by Crippen LogP contribution is -2.16. The Labute approximate surface area is 102 Å². The van der Waals surface area contributed by atoms with Gasteiger partial charge in [-0.2, -0.15) is 0 Å². The van der Waals surface area contributed by atoms with Gasteiger partial charge in [0.05, 0.1) is 7.11 Å². The lowest BCUT2D eigenvalue weighted by atomic mass is 10.0. The van der Waals surface area contributed by atoms with Gasteiger partial charge in [-0.05, 0) is 44.3 Å². The van der Waals surface area contributed by atoms with Crippen molar-refractivity contribution in [3.05, 3.63) is 29.3 Å². The Kier molecular flexibility index (Phi) is 4.83. The molecule has 0 spiro atoms. The molecule has 0 heterocycles. The molecule has 0 atom stereocenters. The van der Waals surface area contributed by atoms with E-state index in [0.29, 0.717) is 5.56 Å². The average Bonchev–Trinajstić information content (AvgIpc) is 2.25. The van der Waals surface area contributed by atoms with Crippen molar-refractivity contribution in [2.24, 2.45) is 0 Å². The molecule has 0 radical (unpaired) electrons. The molecule has 1 aromatic rings. The first-order chi connectivity index (χ1) is 7.54. The largest absolute Gasteiger partial charge is 0.497 e. The Morgan fingerprint density at radius 1 is 1.44 bits per heavy atom. The van der Waals surface area contributed by atoms with Crippen LogP contribution < -0.4 is 4.74 Å². The Morgan fingerprint density at radius 3 is 2.62 bits per heavy atom. The molecule has 0 fully saturated rings. The van der Waals surface area contributed by atoms with Gasteiger partial charge < -0.3 is 9.64 Å². The smallest absolute Gasteiger partial charge is 0.216 e. The molecule has 1 aromatic carbocycles. The third-order valence-corrected chi connectivity index (χ3v) is 2.61. The maximum absolute atomic E-state index is 11.3. The number of carbonyl (C=O) groups is 1. The molecule has 0 unspecified atom stereocenters. The molecule has 0 saturated heterocycles. The first-order valence-corrected chi connectivity index (χ1v) is 5.54. The fourth-order valence-corrected chi connectivity index (χ4v) is 1.67. The number of carbonyl (C=O) groups excluding carboxylic acids is 1. The van der Waals surface area contributed by atoms with Crippen molar-refractivity contribution in [2.45, 2.75) is 6.42 Å². The summed E-state index contributed by atoms with van der Waals surface area (Å²) in [5.74, 6) is 0.770. The van der Waals surface area contributed by atoms with Crippen molar-refractivity contribution in [1.29, 1.82) is 0 Å². The van der Waals surface area contributed by atoms with Crippen LogP contribution in [-0.4, -0.2) is 37.8 Å². The van der Waals surface area contributed by atoms with E-state index in [2.05, 4.69) is 17.5 Å². The van der Waals surface area contributed by atoms with E-state index in [1.54, 1.807) is 19.2 Å². The van der Waals surface area contributed by atoms with Crippen LogP contribution in [0.5, 0.6) is 5.75 Å². The van der Waals surface area contributed by atoms with Crippen LogP contribution in [0.15, 0.2) is 18.2 Å². The number of benzene rings is 1. The normalized spacial score (nSPS) is 10.6. The molecule has 3 nitrogen and oxygen atoms in total. The van der Waals surface area contributed by atoms with Crippen LogP contribution in [0.4, 0.5) is 0 Å². The van der Waals surface area contributed by atoms with Gasteiger partial charge in [0.1, 0.15) is 5.75 Å². The fraction of sp³-hybridized carbons (Fsp3) is 0.417. The number of hydrogen-bond acceptors (Lipinski definition) is 3. The van der Waals surface area contributed by atoms with Crippen LogP contribution in [0.3, 0.4) is 0 Å². The maximum atomic E-state index is 11.3. The molecule has 0 aromatic heterocycles. The molecular formula is C12H17NO2S. The number of rotatable bonds is 5. The van der Waals surface area contributed by atoms with E-state index in [1.807, 2.05) is 20.2 Å². The zero-order valence-electron chi connectivity index (χ0n) is 9.86. The maximum Gasteiger partial charge on any atom is 0.216 e. The molecule has 0 aliphatic heterocycles. The van der Waals surface area contributed by atoms with Gasteiger partial charge >= 0.3 is 0 Å². The van der Waals surface area contributed by atoms with Crippen molar-refractivity contribution in [1.82, 2.24) is 4.90 Å². The highest BCUT2D eigenvalue weighted by molar-refractivity contribution is 7.97. The average molecular weight is 239 g/mol. The lowest BCUT2D eigenvalue weighted by Gasteiger charge is -2.12. The summed E-state index contributed by atoms with van der Waals surface area (Å²) >= 11 is 3.87. The summed E-state index contributed by atoms with van der Waals surface area (Å²) in [5, 5.41) is -0.198. The highest BCUT2D eigenvalue weighted by atomic mass is 32.1. The van der Waals surface area contributed by atoms with Crippen molar-refractivity contribution in [3.8, 4) is 5.75 Å². The zero-order chi connectivity index (χ0) is 12.1. The van der Waals surface area contributed by atoms with Gasteiger partial charge in [0.15, 0.2) is 0 Å². The zero-order valence-corrected chi connectivity index (χ0v) is 10.8. The van der Waals surface area contributed by atoms with Crippen molar-refractivity contribution in [2.75, 3.05) is 27.7 Å². The summed E-state index contributed by atoms with van der Waals surface area (Å²) in [4.78, 5) is 13.4. The van der Waals surface area contributed by atoms with Crippen LogP contribution in [0, 0.1) is 0 Å².